The van der Waals surface area contributed by atoms with Gasteiger partial charge in [-0.2, -0.15) is 0 Å². The molecule has 0 bridgehead atoms. The molecule has 1 amide bonds. The Hall–Kier alpha value is -3.82. The summed E-state index contributed by atoms with van der Waals surface area (Å²) >= 11 is 0. The lowest BCUT2D eigenvalue weighted by molar-refractivity contribution is -0.156. The number of para-hydroxylation sites is 1. The molecule has 1 saturated heterocycles. The summed E-state index contributed by atoms with van der Waals surface area (Å²) in [5.41, 5.74) is -0.0957. The van der Waals surface area contributed by atoms with Crippen molar-refractivity contribution in [3.05, 3.63) is 48.3 Å². The van der Waals surface area contributed by atoms with Crippen LogP contribution in [0, 0.1) is 11.8 Å². The number of amides is 1. The zero-order valence-corrected chi connectivity index (χ0v) is 24.0. The van der Waals surface area contributed by atoms with Crippen molar-refractivity contribution < 1.29 is 38.1 Å². The van der Waals surface area contributed by atoms with Gasteiger partial charge in [-0.3, -0.25) is 9.59 Å². The number of esters is 2. The molecule has 2 aromatic rings. The predicted molar refractivity (Wildman–Crippen MR) is 150 cm³/mol. The maximum atomic E-state index is 13.4. The molecule has 1 aromatic heterocycles. The first-order chi connectivity index (χ1) is 19.9. The second-order valence-electron chi connectivity index (χ2n) is 10.7. The van der Waals surface area contributed by atoms with Gasteiger partial charge in [0.15, 0.2) is 17.2 Å². The third-order valence-electron chi connectivity index (χ3n) is 7.78. The number of benzene rings is 1. The largest absolute Gasteiger partial charge is 0.493 e. The summed E-state index contributed by atoms with van der Waals surface area (Å²) < 4.78 is 28.1. The van der Waals surface area contributed by atoms with E-state index in [4.69, 9.17) is 23.7 Å². The number of hydrogen-bond acceptors (Lipinski definition) is 9. The maximum Gasteiger partial charge on any atom is 0.329 e. The fraction of sp³-hybridized carbons (Fsp3) is 0.548. The molecule has 4 atom stereocenters. The van der Waals surface area contributed by atoms with E-state index < -0.39 is 36.8 Å². The number of carbonyl (C=O) groups is 3. The molecular formula is C31H40N2O8. The first-order valence-corrected chi connectivity index (χ1v) is 14.4. The monoisotopic (exact) mass is 568 g/mol. The fourth-order valence-electron chi connectivity index (χ4n) is 5.78. The van der Waals surface area contributed by atoms with Crippen molar-refractivity contribution in [1.82, 2.24) is 10.3 Å². The number of rotatable bonds is 10. The van der Waals surface area contributed by atoms with Gasteiger partial charge in [-0.1, -0.05) is 50.3 Å². The average molecular weight is 569 g/mol. The third-order valence-corrected chi connectivity index (χ3v) is 7.78. The van der Waals surface area contributed by atoms with Crippen LogP contribution in [0.1, 0.15) is 75.7 Å². The molecule has 1 aliphatic carbocycles. The number of nitrogens with zero attached hydrogens (tertiary/aromatic N) is 1. The molecular weight excluding hydrogens is 528 g/mol. The number of hydrogen-bond donors (Lipinski definition) is 1. The molecule has 222 valence electrons. The van der Waals surface area contributed by atoms with Gasteiger partial charge in [-0.15, -0.1) is 0 Å². The molecule has 4 unspecified atom stereocenters. The van der Waals surface area contributed by atoms with E-state index in [0.717, 1.165) is 18.6 Å². The summed E-state index contributed by atoms with van der Waals surface area (Å²) in [6, 6.07) is 10.3. The Morgan fingerprint density at radius 3 is 2.51 bits per heavy atom. The molecule has 0 radical (unpaired) electrons. The highest BCUT2D eigenvalue weighted by molar-refractivity contribution is 5.98. The van der Waals surface area contributed by atoms with Gasteiger partial charge < -0.3 is 29.0 Å². The Balaban J connectivity index is 1.51. The number of pyridine rings is 1. The van der Waals surface area contributed by atoms with Gasteiger partial charge in [-0.25, -0.2) is 9.78 Å². The summed E-state index contributed by atoms with van der Waals surface area (Å²) in [5, 5.41) is 2.78. The van der Waals surface area contributed by atoms with Crippen molar-refractivity contribution >= 4 is 17.8 Å². The van der Waals surface area contributed by atoms with Crippen molar-refractivity contribution in [3.8, 4) is 17.2 Å². The van der Waals surface area contributed by atoms with Crippen LogP contribution < -0.4 is 19.5 Å². The highest BCUT2D eigenvalue weighted by Gasteiger charge is 2.37. The first-order valence-electron chi connectivity index (χ1n) is 14.4. The van der Waals surface area contributed by atoms with Crippen LogP contribution in [0.3, 0.4) is 0 Å². The number of cyclic esters (lactones) is 1. The van der Waals surface area contributed by atoms with E-state index in [1.54, 1.807) is 0 Å². The minimum Gasteiger partial charge on any atom is -0.493 e. The van der Waals surface area contributed by atoms with Crippen molar-refractivity contribution in [1.29, 1.82) is 0 Å². The molecule has 2 fully saturated rings. The van der Waals surface area contributed by atoms with E-state index in [-0.39, 0.29) is 29.2 Å². The zero-order valence-electron chi connectivity index (χ0n) is 24.0. The van der Waals surface area contributed by atoms with Crippen LogP contribution >= 0.6 is 0 Å². The Morgan fingerprint density at radius 2 is 1.80 bits per heavy atom. The van der Waals surface area contributed by atoms with Crippen molar-refractivity contribution in [2.24, 2.45) is 11.8 Å². The molecule has 1 N–H and O–H groups in total. The lowest BCUT2D eigenvalue weighted by Crippen LogP contribution is -2.45. The van der Waals surface area contributed by atoms with Crippen LogP contribution in [-0.2, 0) is 19.1 Å². The van der Waals surface area contributed by atoms with E-state index in [2.05, 4.69) is 10.3 Å². The lowest BCUT2D eigenvalue weighted by atomic mass is 9.83. The highest BCUT2D eigenvalue weighted by atomic mass is 16.7. The number of aromatic nitrogens is 1. The molecule has 10 heteroatoms. The van der Waals surface area contributed by atoms with Gasteiger partial charge in [-0.05, 0) is 50.2 Å². The predicted octanol–water partition coefficient (Wildman–Crippen LogP) is 4.85. The highest BCUT2D eigenvalue weighted by Crippen LogP contribution is 2.36. The van der Waals surface area contributed by atoms with Crippen LogP contribution in [0.25, 0.3) is 0 Å². The van der Waals surface area contributed by atoms with E-state index >= 15 is 0 Å². The topological polar surface area (TPSA) is 122 Å². The van der Waals surface area contributed by atoms with E-state index in [1.807, 2.05) is 37.3 Å². The van der Waals surface area contributed by atoms with Crippen LogP contribution in [-0.4, -0.2) is 55.0 Å². The Morgan fingerprint density at radius 1 is 1.05 bits per heavy atom. The van der Waals surface area contributed by atoms with Gasteiger partial charge in [0.05, 0.1) is 7.11 Å². The maximum absolute atomic E-state index is 13.4. The first kappa shape index (κ1) is 30.1. The van der Waals surface area contributed by atoms with Crippen LogP contribution in [0.2, 0.25) is 0 Å². The molecule has 1 saturated carbocycles. The summed E-state index contributed by atoms with van der Waals surface area (Å²) in [6.45, 7) is 2.68. The Kier molecular flexibility index (Phi) is 10.8. The van der Waals surface area contributed by atoms with Gasteiger partial charge in [0, 0.05) is 19.2 Å². The smallest absolute Gasteiger partial charge is 0.329 e. The molecule has 10 nitrogen and oxygen atoms in total. The van der Waals surface area contributed by atoms with Gasteiger partial charge in [0.1, 0.15) is 24.0 Å². The molecule has 1 aromatic carbocycles. The Bertz CT molecular complexity index is 1170. The number of ether oxygens (including phenoxy) is 5. The van der Waals surface area contributed by atoms with Crippen molar-refractivity contribution in [3.63, 3.8) is 0 Å². The fourth-order valence-corrected chi connectivity index (χ4v) is 5.78. The lowest BCUT2D eigenvalue weighted by Gasteiger charge is -2.33. The van der Waals surface area contributed by atoms with Crippen molar-refractivity contribution in [2.75, 3.05) is 13.9 Å². The van der Waals surface area contributed by atoms with Crippen LogP contribution in [0.15, 0.2) is 42.6 Å². The normalized spacial score (nSPS) is 23.3. The molecule has 2 aliphatic rings. The van der Waals surface area contributed by atoms with E-state index in [0.29, 0.717) is 18.8 Å². The molecule has 41 heavy (non-hydrogen) atoms. The molecule has 0 spiro atoms. The zero-order chi connectivity index (χ0) is 29.2. The average Bonchev–Trinajstić information content (AvgIpc) is 3.49. The summed E-state index contributed by atoms with van der Waals surface area (Å²) in [5.74, 6) is 0.135. The van der Waals surface area contributed by atoms with Gasteiger partial charge in [0.25, 0.3) is 5.91 Å². The van der Waals surface area contributed by atoms with Gasteiger partial charge >= 0.3 is 11.9 Å². The number of nitrogens with one attached hydrogen (secondary N) is 1. The molecule has 4 rings (SSSR count). The minimum atomic E-state index is -0.887. The standard InChI is InChI=1S/C31H40N2O8/c1-20-28(41-24-13-5-4-6-14-24)23(18-22-10-7-8-11-22)12-9-15-25(31(36)40-20)33-30(35)27-29(39-19-38-21(2)34)26(37-3)16-17-32-27/h4-6,13-14,16-17,20,22-23,25,28H,7-12,15,18-19H2,1-3H3,(H,33,35). The number of carbonyl (C=O) groups excluding carboxylic acids is 3. The SMILES string of the molecule is COc1ccnc(C(=O)NC2CCCC(CC3CCCC3)C(Oc3ccccc3)C(C)OC2=O)c1OCOC(C)=O. The molecule has 2 heterocycles. The van der Waals surface area contributed by atoms with Crippen LogP contribution in [0.4, 0.5) is 0 Å². The second kappa shape index (κ2) is 14.7. The summed E-state index contributed by atoms with van der Waals surface area (Å²) in [4.78, 5) is 42.1. The van der Waals surface area contributed by atoms with Crippen molar-refractivity contribution in [2.45, 2.75) is 83.5 Å². The second-order valence-corrected chi connectivity index (χ2v) is 10.7. The summed E-state index contributed by atoms with van der Waals surface area (Å²) in [6.07, 6.45) is 8.49. The van der Waals surface area contributed by atoms with Crippen LogP contribution in [0.5, 0.6) is 17.2 Å². The van der Waals surface area contributed by atoms with E-state index in [9.17, 15) is 14.4 Å². The van der Waals surface area contributed by atoms with Gasteiger partial charge in [0.2, 0.25) is 6.79 Å². The number of methoxy groups -OCH3 is 1. The summed E-state index contributed by atoms with van der Waals surface area (Å²) in [7, 11) is 1.42. The third kappa shape index (κ3) is 8.34. The Labute approximate surface area is 241 Å². The quantitative estimate of drug-likeness (QED) is 0.317. The molecule has 1 aliphatic heterocycles. The minimum absolute atomic E-state index is 0.00602. The van der Waals surface area contributed by atoms with E-state index in [1.165, 1.54) is 52.0 Å².